The van der Waals surface area contributed by atoms with Gasteiger partial charge in [-0.25, -0.2) is 0 Å². The van der Waals surface area contributed by atoms with Crippen LogP contribution in [0.1, 0.15) is 5.56 Å². The van der Waals surface area contributed by atoms with Gasteiger partial charge in [-0.1, -0.05) is 39.7 Å². The van der Waals surface area contributed by atoms with Crippen molar-refractivity contribution in [2.75, 3.05) is 0 Å². The summed E-state index contributed by atoms with van der Waals surface area (Å²) in [6, 6.07) is 7.57. The summed E-state index contributed by atoms with van der Waals surface area (Å²) in [7, 11) is 0. The van der Waals surface area contributed by atoms with Crippen molar-refractivity contribution >= 4 is 33.6 Å². The van der Waals surface area contributed by atoms with E-state index in [4.69, 9.17) is 11.6 Å². The van der Waals surface area contributed by atoms with Gasteiger partial charge in [0, 0.05) is 10.0 Å². The van der Waals surface area contributed by atoms with E-state index in [-0.39, 0.29) is 0 Å². The molecule has 0 radical (unpaired) electrons. The highest BCUT2D eigenvalue weighted by Gasteiger charge is 1.85. The lowest BCUT2D eigenvalue weighted by atomic mass is 10.2. The predicted octanol–water partition coefficient (Wildman–Crippen LogP) is 3.86. The normalized spacial score (nSPS) is 8.55. The molecule has 0 N–H and O–H groups in total. The third kappa shape index (κ3) is 2.94. The van der Waals surface area contributed by atoms with E-state index in [1.165, 1.54) is 0 Å². The minimum atomic E-state index is 0.755. The first-order chi connectivity index (χ1) is 5.33. The van der Waals surface area contributed by atoms with Gasteiger partial charge in [0.15, 0.2) is 0 Å². The maximum atomic E-state index is 5.69. The van der Waals surface area contributed by atoms with E-state index < -0.39 is 0 Å². The van der Waals surface area contributed by atoms with Crippen molar-refractivity contribution in [1.82, 2.24) is 0 Å². The van der Waals surface area contributed by atoms with E-state index in [1.807, 2.05) is 30.3 Å². The molecule has 0 aliphatic heterocycles. The Balaban J connectivity index is 2.90. The highest BCUT2D eigenvalue weighted by atomic mass is 79.9. The van der Waals surface area contributed by atoms with E-state index in [0.29, 0.717) is 0 Å². The van der Waals surface area contributed by atoms with Crippen molar-refractivity contribution in [2.24, 2.45) is 0 Å². The van der Waals surface area contributed by atoms with Crippen LogP contribution in [0, 0.1) is 0 Å². The van der Waals surface area contributed by atoms with E-state index in [1.54, 1.807) is 4.99 Å². The number of halogens is 2. The Morgan fingerprint density at radius 1 is 1.27 bits per heavy atom. The van der Waals surface area contributed by atoms with Crippen molar-refractivity contribution in [3.63, 3.8) is 0 Å². The fourth-order valence-corrected chi connectivity index (χ4v) is 0.945. The van der Waals surface area contributed by atoms with E-state index in [0.717, 1.165) is 10.6 Å². The lowest BCUT2D eigenvalue weighted by Crippen LogP contribution is -1.67. The van der Waals surface area contributed by atoms with Gasteiger partial charge in [0.05, 0.1) is 0 Å². The molecule has 0 amide bonds. The molecule has 1 aromatic rings. The monoisotopic (exact) mass is 228 g/mol. The first-order valence-corrected chi connectivity index (χ1v) is 4.39. The Bertz CT molecular complexity index is 281. The average molecular weight is 230 g/mol. The fourth-order valence-electron chi connectivity index (χ4n) is 0.687. The van der Waals surface area contributed by atoms with Gasteiger partial charge in [-0.15, -0.1) is 5.73 Å². The van der Waals surface area contributed by atoms with Crippen LogP contribution in [0.15, 0.2) is 35.0 Å². The Morgan fingerprint density at radius 2 is 1.91 bits per heavy atom. The third-order valence-electron chi connectivity index (χ3n) is 1.18. The molecule has 0 saturated heterocycles. The van der Waals surface area contributed by atoms with Crippen molar-refractivity contribution in [2.45, 2.75) is 0 Å². The number of benzene rings is 1. The lowest BCUT2D eigenvalue weighted by molar-refractivity contribution is 1.66. The number of hydrogen-bond acceptors (Lipinski definition) is 0. The van der Waals surface area contributed by atoms with Gasteiger partial charge >= 0.3 is 0 Å². The first-order valence-electron chi connectivity index (χ1n) is 3.09. The second-order valence-corrected chi connectivity index (χ2v) is 2.87. The van der Waals surface area contributed by atoms with Gasteiger partial charge in [-0.2, -0.15) is 0 Å². The Kier molecular flexibility index (Phi) is 3.44. The van der Waals surface area contributed by atoms with Gasteiger partial charge in [0.2, 0.25) is 0 Å². The Hall–Kier alpha value is -0.490. The minimum Gasteiger partial charge on any atom is -0.113 e. The van der Waals surface area contributed by atoms with Crippen LogP contribution >= 0.6 is 27.5 Å². The van der Waals surface area contributed by atoms with Crippen LogP contribution in [0.25, 0.3) is 6.08 Å². The topological polar surface area (TPSA) is 0 Å². The summed E-state index contributed by atoms with van der Waals surface area (Å²) in [4.78, 5) is 1.68. The molecule has 2 heteroatoms. The zero-order valence-corrected chi connectivity index (χ0v) is 8.06. The largest absolute Gasteiger partial charge is 0.113 e. The van der Waals surface area contributed by atoms with Crippen LogP contribution in [0.2, 0.25) is 5.02 Å². The van der Waals surface area contributed by atoms with E-state index in [2.05, 4.69) is 21.7 Å². The average Bonchev–Trinajstić information content (AvgIpc) is 2.04. The molecular formula is C9H6BrCl. The second-order valence-electron chi connectivity index (χ2n) is 1.97. The molecule has 0 unspecified atom stereocenters. The SMILES string of the molecule is Clc1ccc(C=C=CBr)cc1. The third-order valence-corrected chi connectivity index (χ3v) is 1.70. The molecule has 0 nitrogen and oxygen atoms in total. The minimum absolute atomic E-state index is 0.755. The molecule has 56 valence electrons. The summed E-state index contributed by atoms with van der Waals surface area (Å²) in [5, 5.41) is 0.755. The molecule has 0 aliphatic carbocycles. The summed E-state index contributed by atoms with van der Waals surface area (Å²) in [5.74, 6) is 0. The van der Waals surface area contributed by atoms with Gasteiger partial charge < -0.3 is 0 Å². The van der Waals surface area contributed by atoms with Crippen LogP contribution in [0.3, 0.4) is 0 Å². The Morgan fingerprint density at radius 3 is 2.45 bits per heavy atom. The zero-order chi connectivity index (χ0) is 8.10. The van der Waals surface area contributed by atoms with Gasteiger partial charge in [-0.05, 0) is 23.8 Å². The summed E-state index contributed by atoms with van der Waals surface area (Å²) in [6.07, 6.45) is 1.87. The van der Waals surface area contributed by atoms with Crippen LogP contribution in [-0.4, -0.2) is 0 Å². The lowest BCUT2D eigenvalue weighted by Gasteiger charge is -1.89. The summed E-state index contributed by atoms with van der Waals surface area (Å²) in [6.45, 7) is 0. The number of rotatable bonds is 1. The molecule has 0 atom stereocenters. The van der Waals surface area contributed by atoms with Crippen LogP contribution in [-0.2, 0) is 0 Å². The summed E-state index contributed by atoms with van der Waals surface area (Å²) >= 11 is 8.82. The Labute approximate surface area is 79.3 Å². The second kappa shape index (κ2) is 4.40. The van der Waals surface area contributed by atoms with Crippen LogP contribution < -0.4 is 0 Å². The molecule has 0 spiro atoms. The van der Waals surface area contributed by atoms with Gasteiger partial charge in [-0.3, -0.25) is 0 Å². The molecule has 1 rings (SSSR count). The van der Waals surface area contributed by atoms with Crippen molar-refractivity contribution in [3.8, 4) is 0 Å². The van der Waals surface area contributed by atoms with Crippen LogP contribution in [0.4, 0.5) is 0 Å². The smallest absolute Gasteiger partial charge is 0.0406 e. The quantitative estimate of drug-likeness (QED) is 0.642. The molecule has 0 saturated carbocycles. The molecule has 0 aromatic heterocycles. The molecule has 0 aliphatic rings. The van der Waals surface area contributed by atoms with Crippen molar-refractivity contribution in [3.05, 3.63) is 45.6 Å². The maximum Gasteiger partial charge on any atom is 0.0406 e. The molecular weight excluding hydrogens is 223 g/mol. The molecule has 0 bridgehead atoms. The standard InChI is InChI=1S/C9H6BrCl/c10-7-1-2-8-3-5-9(11)6-4-8/h2-7H. The highest BCUT2D eigenvalue weighted by Crippen LogP contribution is 2.09. The molecule has 0 fully saturated rings. The van der Waals surface area contributed by atoms with E-state index >= 15 is 0 Å². The number of hydrogen-bond donors (Lipinski definition) is 0. The summed E-state index contributed by atoms with van der Waals surface area (Å²) in [5.41, 5.74) is 4.00. The van der Waals surface area contributed by atoms with E-state index in [9.17, 15) is 0 Å². The van der Waals surface area contributed by atoms with Gasteiger partial charge in [0.1, 0.15) is 0 Å². The summed E-state index contributed by atoms with van der Waals surface area (Å²) < 4.78 is 0. The van der Waals surface area contributed by atoms with Crippen molar-refractivity contribution in [1.29, 1.82) is 0 Å². The first kappa shape index (κ1) is 8.61. The molecule has 11 heavy (non-hydrogen) atoms. The maximum absolute atomic E-state index is 5.69. The molecule has 1 aromatic carbocycles. The van der Waals surface area contributed by atoms with Gasteiger partial charge in [0.25, 0.3) is 0 Å². The zero-order valence-electron chi connectivity index (χ0n) is 5.72. The fraction of sp³-hybridized carbons (Fsp3) is 0. The molecule has 0 heterocycles. The van der Waals surface area contributed by atoms with Crippen molar-refractivity contribution < 1.29 is 0 Å². The predicted molar refractivity (Wildman–Crippen MR) is 52.9 cm³/mol. The highest BCUT2D eigenvalue weighted by molar-refractivity contribution is 9.11. The van der Waals surface area contributed by atoms with Crippen LogP contribution in [0.5, 0.6) is 0 Å².